The number of hydrogen-bond donors (Lipinski definition) is 2. The summed E-state index contributed by atoms with van der Waals surface area (Å²) in [5.41, 5.74) is 0.548. The first-order valence-electron chi connectivity index (χ1n) is 5.63. The third-order valence-corrected chi connectivity index (χ3v) is 3.73. The topological polar surface area (TPSA) is 92.2 Å². The van der Waals surface area contributed by atoms with Crippen LogP contribution in [0.1, 0.15) is 25.9 Å². The molecule has 0 spiro atoms. The number of carboxylic acids is 1. The third kappa shape index (κ3) is 3.84. The Balaban J connectivity index is 1.86. The predicted octanol–water partition coefficient (Wildman–Crippen LogP) is 1.97. The van der Waals surface area contributed by atoms with Crippen LogP contribution in [0.2, 0.25) is 0 Å². The fourth-order valence-corrected chi connectivity index (χ4v) is 2.59. The van der Waals surface area contributed by atoms with Gasteiger partial charge < -0.3 is 10.4 Å². The van der Waals surface area contributed by atoms with Crippen LogP contribution in [0, 0.1) is 0 Å². The van der Waals surface area contributed by atoms with Gasteiger partial charge in [-0.3, -0.25) is 4.79 Å². The molecule has 2 aromatic heterocycles. The van der Waals surface area contributed by atoms with E-state index in [1.165, 1.54) is 16.7 Å². The smallest absolute Gasteiger partial charge is 0.355 e. The second-order valence-corrected chi connectivity index (χ2v) is 5.56. The zero-order valence-electron chi connectivity index (χ0n) is 10.2. The van der Waals surface area contributed by atoms with Crippen LogP contribution in [0.3, 0.4) is 0 Å². The summed E-state index contributed by atoms with van der Waals surface area (Å²) in [4.78, 5) is 30.4. The van der Waals surface area contributed by atoms with E-state index in [0.29, 0.717) is 28.1 Å². The molecule has 0 aliphatic heterocycles. The number of carbonyl (C=O) groups is 2. The van der Waals surface area contributed by atoms with E-state index >= 15 is 0 Å². The van der Waals surface area contributed by atoms with Crippen molar-refractivity contribution in [2.45, 2.75) is 6.42 Å². The molecule has 0 unspecified atom stereocenters. The number of aromatic carboxylic acids is 1. The zero-order chi connectivity index (χ0) is 14.5. The summed E-state index contributed by atoms with van der Waals surface area (Å²) < 4.78 is 0.594. The van der Waals surface area contributed by atoms with Gasteiger partial charge in [-0.15, -0.1) is 11.3 Å². The van der Waals surface area contributed by atoms with E-state index in [-0.39, 0.29) is 11.6 Å². The van der Waals surface area contributed by atoms with Crippen LogP contribution < -0.4 is 5.32 Å². The highest BCUT2D eigenvalue weighted by molar-refractivity contribution is 9.10. The zero-order valence-corrected chi connectivity index (χ0v) is 12.6. The first kappa shape index (κ1) is 14.6. The summed E-state index contributed by atoms with van der Waals surface area (Å²) in [6, 6.07) is 3.24. The number of nitrogens with one attached hydrogen (secondary N) is 1. The molecule has 6 nitrogen and oxygen atoms in total. The van der Waals surface area contributed by atoms with Gasteiger partial charge in [-0.2, -0.15) is 0 Å². The van der Waals surface area contributed by atoms with Crippen molar-refractivity contribution in [1.82, 2.24) is 15.3 Å². The fourth-order valence-electron chi connectivity index (χ4n) is 1.45. The van der Waals surface area contributed by atoms with Gasteiger partial charge in [0, 0.05) is 30.1 Å². The summed E-state index contributed by atoms with van der Waals surface area (Å²) in [6.45, 7) is 0.394. The number of hydrogen-bond acceptors (Lipinski definition) is 5. The molecule has 2 N–H and O–H groups in total. The molecule has 1 amide bonds. The highest BCUT2D eigenvalue weighted by Gasteiger charge is 2.09. The standard InChI is InChI=1S/C12H10BrN3O3S/c13-9-5-7(1-3-14-9)11(17)15-4-2-10-16-8(6-20-10)12(18)19/h1,3,5-6H,2,4H2,(H,15,17)(H,18,19). The minimum Gasteiger partial charge on any atom is -0.476 e. The first-order chi connectivity index (χ1) is 9.56. The number of pyridine rings is 1. The van der Waals surface area contributed by atoms with E-state index in [1.807, 2.05) is 0 Å². The minimum absolute atomic E-state index is 0.0365. The van der Waals surface area contributed by atoms with E-state index in [0.717, 1.165) is 0 Å². The molecule has 2 heterocycles. The molecule has 0 radical (unpaired) electrons. The average molecular weight is 356 g/mol. The molecule has 0 saturated heterocycles. The number of thiazole rings is 1. The molecule has 104 valence electrons. The van der Waals surface area contributed by atoms with Crippen molar-refractivity contribution >= 4 is 39.1 Å². The Morgan fingerprint density at radius 3 is 2.90 bits per heavy atom. The number of nitrogens with zero attached hydrogens (tertiary/aromatic N) is 2. The summed E-state index contributed by atoms with van der Waals surface area (Å²) in [7, 11) is 0. The second-order valence-electron chi connectivity index (χ2n) is 3.80. The minimum atomic E-state index is -1.04. The van der Waals surface area contributed by atoms with Gasteiger partial charge in [0.15, 0.2) is 5.69 Å². The molecule has 0 bridgehead atoms. The Morgan fingerprint density at radius 2 is 2.25 bits per heavy atom. The molecular formula is C12H10BrN3O3S. The molecule has 2 rings (SSSR count). The number of rotatable bonds is 5. The Kier molecular flexibility index (Phi) is 4.80. The largest absolute Gasteiger partial charge is 0.476 e. The van der Waals surface area contributed by atoms with Gasteiger partial charge in [-0.25, -0.2) is 14.8 Å². The molecule has 2 aromatic rings. The molecule has 8 heteroatoms. The van der Waals surface area contributed by atoms with E-state index in [9.17, 15) is 9.59 Å². The van der Waals surface area contributed by atoms with Gasteiger partial charge in [-0.1, -0.05) is 0 Å². The Morgan fingerprint density at radius 1 is 1.45 bits per heavy atom. The Bertz CT molecular complexity index is 644. The van der Waals surface area contributed by atoms with Gasteiger partial charge in [0.05, 0.1) is 5.01 Å². The van der Waals surface area contributed by atoms with Crippen molar-refractivity contribution in [3.8, 4) is 0 Å². The maximum atomic E-state index is 11.8. The van der Waals surface area contributed by atoms with Crippen molar-refractivity contribution in [1.29, 1.82) is 0 Å². The molecule has 20 heavy (non-hydrogen) atoms. The lowest BCUT2D eigenvalue weighted by Gasteiger charge is -2.03. The SMILES string of the molecule is O=C(NCCc1nc(C(=O)O)cs1)c1ccnc(Br)c1. The van der Waals surface area contributed by atoms with Crippen molar-refractivity contribution in [2.75, 3.05) is 6.54 Å². The normalized spacial score (nSPS) is 10.2. The first-order valence-corrected chi connectivity index (χ1v) is 7.31. The van der Waals surface area contributed by atoms with Crippen molar-refractivity contribution in [3.63, 3.8) is 0 Å². The second kappa shape index (κ2) is 6.58. The van der Waals surface area contributed by atoms with Gasteiger partial charge in [0.1, 0.15) is 4.60 Å². The van der Waals surface area contributed by atoms with Crippen LogP contribution in [0.15, 0.2) is 28.3 Å². The van der Waals surface area contributed by atoms with Crippen LogP contribution in [-0.4, -0.2) is 33.5 Å². The van der Waals surface area contributed by atoms with Crippen LogP contribution in [0.25, 0.3) is 0 Å². The van der Waals surface area contributed by atoms with Crippen LogP contribution >= 0.6 is 27.3 Å². The molecule has 0 aromatic carbocycles. The van der Waals surface area contributed by atoms with E-state index < -0.39 is 5.97 Å². The maximum Gasteiger partial charge on any atom is 0.355 e. The fraction of sp³-hybridized carbons (Fsp3) is 0.167. The number of amides is 1. The quantitative estimate of drug-likeness (QED) is 0.800. The van der Waals surface area contributed by atoms with E-state index in [4.69, 9.17) is 5.11 Å². The Hall–Kier alpha value is -1.80. The van der Waals surface area contributed by atoms with Gasteiger partial charge >= 0.3 is 5.97 Å². The van der Waals surface area contributed by atoms with Gasteiger partial charge in [-0.05, 0) is 28.1 Å². The predicted molar refractivity (Wildman–Crippen MR) is 77.0 cm³/mol. The number of carbonyl (C=O) groups excluding carboxylic acids is 1. The van der Waals surface area contributed by atoms with Crippen LogP contribution in [0.5, 0.6) is 0 Å². The lowest BCUT2D eigenvalue weighted by molar-refractivity contribution is 0.0690. The Labute approximate surface area is 127 Å². The maximum absolute atomic E-state index is 11.8. The monoisotopic (exact) mass is 355 g/mol. The van der Waals surface area contributed by atoms with Gasteiger partial charge in [0.25, 0.3) is 5.91 Å². The number of aromatic nitrogens is 2. The van der Waals surface area contributed by atoms with Crippen molar-refractivity contribution in [2.24, 2.45) is 0 Å². The molecular weight excluding hydrogens is 346 g/mol. The van der Waals surface area contributed by atoms with Crippen molar-refractivity contribution < 1.29 is 14.7 Å². The van der Waals surface area contributed by atoms with E-state index in [1.54, 1.807) is 18.3 Å². The molecule has 0 aliphatic carbocycles. The van der Waals surface area contributed by atoms with Crippen LogP contribution in [0.4, 0.5) is 0 Å². The summed E-state index contributed by atoms with van der Waals surface area (Å²) in [5, 5.41) is 13.7. The van der Waals surface area contributed by atoms with E-state index in [2.05, 4.69) is 31.2 Å². The molecule has 0 fully saturated rings. The number of halogens is 1. The molecule has 0 atom stereocenters. The highest BCUT2D eigenvalue weighted by atomic mass is 79.9. The molecule has 0 aliphatic rings. The lowest BCUT2D eigenvalue weighted by Crippen LogP contribution is -2.25. The summed E-state index contributed by atoms with van der Waals surface area (Å²) >= 11 is 4.46. The van der Waals surface area contributed by atoms with Gasteiger partial charge in [0.2, 0.25) is 0 Å². The number of carboxylic acid groups (broad SMARTS) is 1. The lowest BCUT2D eigenvalue weighted by atomic mass is 10.2. The summed E-state index contributed by atoms with van der Waals surface area (Å²) in [5.74, 6) is -1.25. The third-order valence-electron chi connectivity index (χ3n) is 2.38. The van der Waals surface area contributed by atoms with Crippen molar-refractivity contribution in [3.05, 3.63) is 44.6 Å². The molecule has 0 saturated carbocycles. The van der Waals surface area contributed by atoms with Crippen LogP contribution in [-0.2, 0) is 6.42 Å². The average Bonchev–Trinajstić information content (AvgIpc) is 2.87. The summed E-state index contributed by atoms with van der Waals surface area (Å²) in [6.07, 6.45) is 2.04. The highest BCUT2D eigenvalue weighted by Crippen LogP contribution is 2.10.